The zero-order chi connectivity index (χ0) is 20.1. The summed E-state index contributed by atoms with van der Waals surface area (Å²) in [6.45, 7) is 7.19. The minimum Gasteiger partial charge on any atom is -0.489 e. The molecule has 2 aromatic rings. The predicted molar refractivity (Wildman–Crippen MR) is 108 cm³/mol. The molecule has 2 heterocycles. The average Bonchev–Trinajstić information content (AvgIpc) is 3.15. The first kappa shape index (κ1) is 20.6. The largest absolute Gasteiger partial charge is 0.489 e. The van der Waals surface area contributed by atoms with E-state index in [9.17, 15) is 4.39 Å². The lowest BCUT2D eigenvalue weighted by Crippen LogP contribution is -2.38. The van der Waals surface area contributed by atoms with E-state index in [0.717, 1.165) is 19.0 Å². The van der Waals surface area contributed by atoms with Gasteiger partial charge < -0.3 is 20.1 Å². The van der Waals surface area contributed by atoms with Gasteiger partial charge >= 0.3 is 0 Å². The van der Waals surface area contributed by atoms with Gasteiger partial charge in [-0.15, -0.1) is 5.10 Å². The van der Waals surface area contributed by atoms with Gasteiger partial charge in [0.15, 0.2) is 5.82 Å². The van der Waals surface area contributed by atoms with Crippen LogP contribution in [0.25, 0.3) is 11.4 Å². The Hall–Kier alpha value is -2.16. The van der Waals surface area contributed by atoms with E-state index in [0.29, 0.717) is 47.3 Å². The molecule has 0 aliphatic carbocycles. The van der Waals surface area contributed by atoms with Crippen molar-refractivity contribution >= 4 is 17.5 Å². The van der Waals surface area contributed by atoms with Gasteiger partial charge in [0.25, 0.3) is 0 Å². The van der Waals surface area contributed by atoms with E-state index in [4.69, 9.17) is 31.8 Å². The topological polar surface area (TPSA) is 78.4 Å². The third kappa shape index (κ3) is 4.63. The molecular formula is C19H25ClFN5O2. The number of hydrogen-bond donors (Lipinski definition) is 1. The lowest BCUT2D eigenvalue weighted by atomic mass is 10.2. The van der Waals surface area contributed by atoms with Crippen LogP contribution in [-0.2, 0) is 4.74 Å². The van der Waals surface area contributed by atoms with Crippen molar-refractivity contribution in [2.24, 2.45) is 5.73 Å². The zero-order valence-electron chi connectivity index (χ0n) is 16.1. The monoisotopic (exact) mass is 409 g/mol. The van der Waals surface area contributed by atoms with E-state index < -0.39 is 0 Å². The van der Waals surface area contributed by atoms with Gasteiger partial charge in [0.2, 0.25) is 5.95 Å². The number of aromatic nitrogens is 3. The first-order chi connectivity index (χ1) is 13.5. The molecule has 1 saturated heterocycles. The summed E-state index contributed by atoms with van der Waals surface area (Å²) in [7, 11) is 0. The van der Waals surface area contributed by atoms with Crippen molar-refractivity contribution < 1.29 is 13.9 Å². The Morgan fingerprint density at radius 3 is 2.75 bits per heavy atom. The van der Waals surface area contributed by atoms with Crippen LogP contribution in [0.3, 0.4) is 0 Å². The molecule has 0 atom stereocenters. The number of morpholine rings is 1. The molecule has 0 unspecified atom stereocenters. The van der Waals surface area contributed by atoms with Crippen molar-refractivity contribution in [3.63, 3.8) is 0 Å². The molecule has 1 aromatic heterocycles. The molecule has 152 valence electrons. The van der Waals surface area contributed by atoms with Crippen LogP contribution >= 0.6 is 11.6 Å². The lowest BCUT2D eigenvalue weighted by Gasteiger charge is -2.28. The second-order valence-corrected chi connectivity index (χ2v) is 7.18. The molecule has 1 fully saturated rings. The third-order valence-corrected chi connectivity index (χ3v) is 4.73. The quantitative estimate of drug-likeness (QED) is 0.756. The van der Waals surface area contributed by atoms with Gasteiger partial charge in [0.1, 0.15) is 12.4 Å². The van der Waals surface area contributed by atoms with Crippen LogP contribution in [-0.4, -0.2) is 54.2 Å². The summed E-state index contributed by atoms with van der Waals surface area (Å²) in [5.41, 5.74) is 6.51. The predicted octanol–water partition coefficient (Wildman–Crippen LogP) is 3.21. The molecule has 2 N–H and O–H groups in total. The second kappa shape index (κ2) is 9.36. The van der Waals surface area contributed by atoms with Gasteiger partial charge in [-0.05, 0) is 32.0 Å². The minimum absolute atomic E-state index is 0.0735. The lowest BCUT2D eigenvalue weighted by molar-refractivity contribution is 0.121. The SMILES string of the molecule is CC(C)n1nc(-c2ccc(OC/C(=C/F)CN)cc2Cl)nc1N1CCOCC1. The highest BCUT2D eigenvalue weighted by molar-refractivity contribution is 6.33. The molecule has 1 aromatic carbocycles. The van der Waals surface area contributed by atoms with E-state index in [-0.39, 0.29) is 19.2 Å². The first-order valence-electron chi connectivity index (χ1n) is 9.23. The highest BCUT2D eigenvalue weighted by Gasteiger charge is 2.22. The summed E-state index contributed by atoms with van der Waals surface area (Å²) in [4.78, 5) is 6.91. The Morgan fingerprint density at radius 2 is 2.14 bits per heavy atom. The van der Waals surface area contributed by atoms with Crippen LogP contribution < -0.4 is 15.4 Å². The van der Waals surface area contributed by atoms with Gasteiger partial charge in [-0.1, -0.05) is 11.6 Å². The van der Waals surface area contributed by atoms with Crippen LogP contribution in [0.15, 0.2) is 30.1 Å². The number of nitrogens with two attached hydrogens (primary N) is 1. The van der Waals surface area contributed by atoms with Crippen molar-refractivity contribution in [3.05, 3.63) is 35.1 Å². The number of hydrogen-bond acceptors (Lipinski definition) is 6. The van der Waals surface area contributed by atoms with Crippen LogP contribution in [0, 0.1) is 0 Å². The Kier molecular flexibility index (Phi) is 6.88. The number of ether oxygens (including phenoxy) is 2. The van der Waals surface area contributed by atoms with E-state index in [1.54, 1.807) is 12.1 Å². The molecule has 0 bridgehead atoms. The molecule has 7 nitrogen and oxygen atoms in total. The maximum Gasteiger partial charge on any atom is 0.224 e. The molecule has 1 aliphatic heterocycles. The Labute approximate surface area is 168 Å². The maximum absolute atomic E-state index is 12.6. The van der Waals surface area contributed by atoms with E-state index >= 15 is 0 Å². The number of benzene rings is 1. The van der Waals surface area contributed by atoms with Crippen molar-refractivity contribution in [1.29, 1.82) is 0 Å². The number of halogens is 2. The fraction of sp³-hybridized carbons (Fsp3) is 0.474. The normalized spacial score (nSPS) is 15.4. The smallest absolute Gasteiger partial charge is 0.224 e. The molecule has 0 amide bonds. The molecule has 9 heteroatoms. The fourth-order valence-electron chi connectivity index (χ4n) is 2.83. The van der Waals surface area contributed by atoms with Crippen molar-refractivity contribution in [1.82, 2.24) is 14.8 Å². The maximum atomic E-state index is 12.6. The molecule has 0 radical (unpaired) electrons. The summed E-state index contributed by atoms with van der Waals surface area (Å²) in [6, 6.07) is 5.40. The Bertz CT molecular complexity index is 834. The van der Waals surface area contributed by atoms with Gasteiger partial charge in [0.05, 0.1) is 30.6 Å². The second-order valence-electron chi connectivity index (χ2n) is 6.77. The Balaban J connectivity index is 1.84. The summed E-state index contributed by atoms with van der Waals surface area (Å²) < 4.78 is 25.5. The van der Waals surface area contributed by atoms with Crippen LogP contribution in [0.1, 0.15) is 19.9 Å². The van der Waals surface area contributed by atoms with Gasteiger partial charge in [-0.2, -0.15) is 4.98 Å². The fourth-order valence-corrected chi connectivity index (χ4v) is 3.09. The van der Waals surface area contributed by atoms with Crippen molar-refractivity contribution in [2.45, 2.75) is 19.9 Å². The van der Waals surface area contributed by atoms with Crippen molar-refractivity contribution in [3.8, 4) is 17.1 Å². The van der Waals surface area contributed by atoms with E-state index in [1.807, 2.05) is 10.7 Å². The highest BCUT2D eigenvalue weighted by atomic mass is 35.5. The molecule has 3 rings (SSSR count). The molecule has 28 heavy (non-hydrogen) atoms. The summed E-state index contributed by atoms with van der Waals surface area (Å²) in [6.07, 6.45) is 0.464. The van der Waals surface area contributed by atoms with E-state index in [2.05, 4.69) is 23.8 Å². The van der Waals surface area contributed by atoms with Crippen LogP contribution in [0.2, 0.25) is 5.02 Å². The van der Waals surface area contributed by atoms with Crippen molar-refractivity contribution in [2.75, 3.05) is 44.4 Å². The molecular weight excluding hydrogens is 385 g/mol. The number of nitrogens with zero attached hydrogens (tertiary/aromatic N) is 4. The minimum atomic E-state index is 0.0735. The number of rotatable bonds is 7. The van der Waals surface area contributed by atoms with Gasteiger partial charge in [-0.3, -0.25) is 0 Å². The third-order valence-electron chi connectivity index (χ3n) is 4.42. The Morgan fingerprint density at radius 1 is 1.39 bits per heavy atom. The molecule has 0 spiro atoms. The summed E-state index contributed by atoms with van der Waals surface area (Å²) >= 11 is 6.46. The van der Waals surface area contributed by atoms with Crippen LogP contribution in [0.4, 0.5) is 10.3 Å². The standard InChI is InChI=1S/C19H25ClFN5O2/c1-13(2)26-19(25-5-7-27-8-6-25)23-18(24-26)16-4-3-15(9-17(16)20)28-12-14(10-21)11-22/h3-4,9-10,13H,5-8,11-12,22H2,1-2H3/b14-10+. The highest BCUT2D eigenvalue weighted by Crippen LogP contribution is 2.31. The summed E-state index contributed by atoms with van der Waals surface area (Å²) in [5, 5.41) is 5.13. The molecule has 1 aliphatic rings. The van der Waals surface area contributed by atoms with E-state index in [1.165, 1.54) is 0 Å². The van der Waals surface area contributed by atoms with Gasteiger partial charge in [-0.25, -0.2) is 9.07 Å². The average molecular weight is 410 g/mol. The van der Waals surface area contributed by atoms with Crippen LogP contribution in [0.5, 0.6) is 5.75 Å². The molecule has 0 saturated carbocycles. The first-order valence-corrected chi connectivity index (χ1v) is 9.61. The zero-order valence-corrected chi connectivity index (χ0v) is 16.8. The summed E-state index contributed by atoms with van der Waals surface area (Å²) in [5.74, 6) is 1.89. The van der Waals surface area contributed by atoms with Gasteiger partial charge in [0, 0.05) is 30.8 Å². The number of anilines is 1.